The second-order valence-electron chi connectivity index (χ2n) is 5.39. The zero-order chi connectivity index (χ0) is 12.4. The van der Waals surface area contributed by atoms with E-state index in [1.54, 1.807) is 0 Å². The summed E-state index contributed by atoms with van der Waals surface area (Å²) in [5, 5.41) is 0. The third-order valence-electron chi connectivity index (χ3n) is 3.54. The Morgan fingerprint density at radius 3 is 2.88 bits per heavy atom. The van der Waals surface area contributed by atoms with Crippen molar-refractivity contribution in [1.29, 1.82) is 0 Å². The first-order chi connectivity index (χ1) is 8.15. The van der Waals surface area contributed by atoms with Gasteiger partial charge in [0.25, 0.3) is 0 Å². The molecule has 92 valence electrons. The molecule has 0 spiro atoms. The summed E-state index contributed by atoms with van der Waals surface area (Å²) in [7, 11) is 2.17. The van der Waals surface area contributed by atoms with Crippen molar-refractivity contribution < 1.29 is 0 Å². The molecule has 1 aliphatic heterocycles. The first-order valence-electron chi connectivity index (χ1n) is 6.73. The van der Waals surface area contributed by atoms with Gasteiger partial charge in [0.1, 0.15) is 7.85 Å². The van der Waals surface area contributed by atoms with Gasteiger partial charge < -0.3 is 10.6 Å². The molecule has 2 N–H and O–H groups in total. The molecule has 1 atom stereocenters. The number of hydrogen-bond donors (Lipinski definition) is 1. The first kappa shape index (κ1) is 12.5. The van der Waals surface area contributed by atoms with Crippen LogP contribution in [0.1, 0.15) is 31.4 Å². The van der Waals surface area contributed by atoms with Crippen LogP contribution < -0.4 is 16.1 Å². The average Bonchev–Trinajstić information content (AvgIpc) is 2.27. The Kier molecular flexibility index (Phi) is 3.77. The topological polar surface area (TPSA) is 29.3 Å². The van der Waals surface area contributed by atoms with Gasteiger partial charge in [0, 0.05) is 25.3 Å². The molecule has 17 heavy (non-hydrogen) atoms. The number of nitrogens with two attached hydrogens (primary N) is 1. The lowest BCUT2D eigenvalue weighted by atomic mass is 9.85. The SMILES string of the molecule is Bc1cc(CN)c2c(c1)CC(C)CN2CCC. The maximum absolute atomic E-state index is 5.91. The Morgan fingerprint density at radius 1 is 1.47 bits per heavy atom. The Morgan fingerprint density at radius 2 is 2.24 bits per heavy atom. The standard InChI is InChI=1S/C14H23BN2/c1-3-4-17-9-10(2)5-11-6-13(15)7-12(8-16)14(11)17/h6-7,10H,3-5,8-9,15-16H2,1-2H3. The number of anilines is 1. The summed E-state index contributed by atoms with van der Waals surface area (Å²) >= 11 is 0. The lowest BCUT2D eigenvalue weighted by Crippen LogP contribution is -2.36. The largest absolute Gasteiger partial charge is 0.371 e. The van der Waals surface area contributed by atoms with E-state index in [2.05, 4.69) is 38.7 Å². The lowest BCUT2D eigenvalue weighted by molar-refractivity contribution is 0.528. The maximum Gasteiger partial charge on any atom is 0.139 e. The van der Waals surface area contributed by atoms with Crippen LogP contribution in [0, 0.1) is 5.92 Å². The first-order valence-corrected chi connectivity index (χ1v) is 6.73. The molecule has 0 amide bonds. The number of fused-ring (bicyclic) bond motifs is 1. The zero-order valence-corrected chi connectivity index (χ0v) is 11.3. The molecule has 1 aromatic carbocycles. The van der Waals surface area contributed by atoms with Crippen molar-refractivity contribution in [1.82, 2.24) is 0 Å². The summed E-state index contributed by atoms with van der Waals surface area (Å²) in [6.45, 7) is 7.56. The summed E-state index contributed by atoms with van der Waals surface area (Å²) in [6, 6.07) is 4.59. The second kappa shape index (κ2) is 5.13. The highest BCUT2D eigenvalue weighted by atomic mass is 15.1. The summed E-state index contributed by atoms with van der Waals surface area (Å²) in [6.07, 6.45) is 2.40. The van der Waals surface area contributed by atoms with Gasteiger partial charge in [0.15, 0.2) is 0 Å². The molecule has 3 heteroatoms. The fourth-order valence-electron chi connectivity index (χ4n) is 3.03. The zero-order valence-electron chi connectivity index (χ0n) is 11.3. The van der Waals surface area contributed by atoms with Crippen LogP contribution in [0.5, 0.6) is 0 Å². The highest BCUT2D eigenvalue weighted by molar-refractivity contribution is 6.32. The fourth-order valence-corrected chi connectivity index (χ4v) is 3.03. The summed E-state index contributed by atoms with van der Waals surface area (Å²) in [5.41, 5.74) is 11.5. The van der Waals surface area contributed by atoms with E-state index in [4.69, 9.17) is 5.73 Å². The van der Waals surface area contributed by atoms with E-state index in [1.807, 2.05) is 0 Å². The van der Waals surface area contributed by atoms with Gasteiger partial charge >= 0.3 is 0 Å². The number of nitrogens with zero attached hydrogens (tertiary/aromatic N) is 1. The molecule has 1 unspecified atom stereocenters. The van der Waals surface area contributed by atoms with Gasteiger partial charge in [-0.2, -0.15) is 0 Å². The molecule has 0 radical (unpaired) electrons. The van der Waals surface area contributed by atoms with Gasteiger partial charge in [0.05, 0.1) is 0 Å². The minimum atomic E-state index is 0.651. The van der Waals surface area contributed by atoms with Crippen molar-refractivity contribution in [3.05, 3.63) is 23.3 Å². The second-order valence-corrected chi connectivity index (χ2v) is 5.39. The molecule has 1 heterocycles. The van der Waals surface area contributed by atoms with Crippen molar-refractivity contribution in [3.63, 3.8) is 0 Å². The van der Waals surface area contributed by atoms with E-state index in [9.17, 15) is 0 Å². The number of benzene rings is 1. The third-order valence-corrected chi connectivity index (χ3v) is 3.54. The Bertz CT molecular complexity index is 403. The monoisotopic (exact) mass is 230 g/mol. The van der Waals surface area contributed by atoms with Crippen LogP contribution in [-0.2, 0) is 13.0 Å². The Labute approximate surface area is 106 Å². The minimum Gasteiger partial charge on any atom is -0.371 e. The van der Waals surface area contributed by atoms with Crippen molar-refractivity contribution in [2.45, 2.75) is 33.2 Å². The maximum atomic E-state index is 5.91. The predicted octanol–water partition coefficient (Wildman–Crippen LogP) is 0.812. The lowest BCUT2D eigenvalue weighted by Gasteiger charge is -2.36. The normalized spacial score (nSPS) is 19.2. The molecule has 2 rings (SSSR count). The highest BCUT2D eigenvalue weighted by Gasteiger charge is 2.23. The fraction of sp³-hybridized carbons (Fsp3) is 0.571. The van der Waals surface area contributed by atoms with Crippen molar-refractivity contribution in [2.24, 2.45) is 11.7 Å². The molecule has 1 aliphatic rings. The highest BCUT2D eigenvalue weighted by Crippen LogP contribution is 2.32. The summed E-state index contributed by atoms with van der Waals surface area (Å²) in [4.78, 5) is 2.53. The molecule has 0 aromatic heterocycles. The van der Waals surface area contributed by atoms with Crippen LogP contribution in [0.4, 0.5) is 5.69 Å². The molecule has 2 nitrogen and oxygen atoms in total. The molecule has 0 bridgehead atoms. The van der Waals surface area contributed by atoms with Gasteiger partial charge in [-0.25, -0.2) is 0 Å². The Hall–Kier alpha value is -0.955. The minimum absolute atomic E-state index is 0.651. The summed E-state index contributed by atoms with van der Waals surface area (Å²) < 4.78 is 0. The van der Waals surface area contributed by atoms with Gasteiger partial charge in [-0.1, -0.05) is 31.4 Å². The predicted molar refractivity (Wildman–Crippen MR) is 77.9 cm³/mol. The van der Waals surface area contributed by atoms with E-state index in [0.29, 0.717) is 6.54 Å². The molecule has 0 saturated heterocycles. The van der Waals surface area contributed by atoms with Crippen LogP contribution >= 0.6 is 0 Å². The third kappa shape index (κ3) is 2.49. The van der Waals surface area contributed by atoms with Crippen LogP contribution in [0.2, 0.25) is 0 Å². The van der Waals surface area contributed by atoms with Gasteiger partial charge in [-0.15, -0.1) is 0 Å². The number of rotatable bonds is 3. The van der Waals surface area contributed by atoms with Crippen molar-refractivity contribution in [3.8, 4) is 0 Å². The van der Waals surface area contributed by atoms with E-state index >= 15 is 0 Å². The molecule has 0 fully saturated rings. The number of hydrogen-bond acceptors (Lipinski definition) is 2. The van der Waals surface area contributed by atoms with Crippen molar-refractivity contribution >= 4 is 19.0 Å². The van der Waals surface area contributed by atoms with Gasteiger partial charge in [-0.3, -0.25) is 0 Å². The van der Waals surface area contributed by atoms with Crippen molar-refractivity contribution in [2.75, 3.05) is 18.0 Å². The molecule has 0 aliphatic carbocycles. The average molecular weight is 230 g/mol. The van der Waals surface area contributed by atoms with E-state index in [1.165, 1.54) is 41.7 Å². The van der Waals surface area contributed by atoms with Gasteiger partial charge in [-0.05, 0) is 29.9 Å². The molecule has 1 aromatic rings. The smallest absolute Gasteiger partial charge is 0.139 e. The molecular formula is C14H23BN2. The molecule has 0 saturated carbocycles. The van der Waals surface area contributed by atoms with E-state index in [-0.39, 0.29) is 0 Å². The molecular weight excluding hydrogens is 207 g/mol. The van der Waals surface area contributed by atoms with Crippen LogP contribution in [0.15, 0.2) is 12.1 Å². The van der Waals surface area contributed by atoms with E-state index in [0.717, 1.165) is 12.5 Å². The summed E-state index contributed by atoms with van der Waals surface area (Å²) in [5.74, 6) is 0.751. The van der Waals surface area contributed by atoms with Crippen LogP contribution in [0.25, 0.3) is 0 Å². The van der Waals surface area contributed by atoms with Crippen LogP contribution in [-0.4, -0.2) is 20.9 Å². The Balaban J connectivity index is 2.46. The van der Waals surface area contributed by atoms with Crippen LogP contribution in [0.3, 0.4) is 0 Å². The van der Waals surface area contributed by atoms with E-state index < -0.39 is 0 Å². The quantitative estimate of drug-likeness (QED) is 0.779. The van der Waals surface area contributed by atoms with Gasteiger partial charge in [0.2, 0.25) is 0 Å².